The van der Waals surface area contributed by atoms with Gasteiger partial charge in [-0.25, -0.2) is 4.79 Å². The number of carbonyl (C=O) groups excluding carboxylic acids is 2. The predicted octanol–water partition coefficient (Wildman–Crippen LogP) is 1.77. The molecule has 0 spiro atoms. The molecule has 1 aliphatic carbocycles. The molecule has 9 nitrogen and oxygen atoms in total. The molecule has 1 fully saturated rings. The van der Waals surface area contributed by atoms with E-state index in [-0.39, 0.29) is 25.7 Å². The standard InChI is InChI=1S/C25H29N3O6/c1-27-11-12-28(13-22(27)24(30)31)23(29)21(15-33-2)26-25(32)34-14-20-18-9-5-3-7-16(18)17-8-4-6-10-19(17)20/h3-10,20-22H,11-15H2,1-2H3,(H,26,32)(H,30,31)/t21-,22?/m0/s1. The number of ether oxygens (including phenoxy) is 2. The molecule has 1 saturated heterocycles. The molecule has 2 amide bonds. The number of nitrogens with one attached hydrogen (secondary N) is 1. The van der Waals surface area contributed by atoms with Crippen LogP contribution < -0.4 is 5.32 Å². The summed E-state index contributed by atoms with van der Waals surface area (Å²) in [6, 6.07) is 14.3. The van der Waals surface area contributed by atoms with Crippen LogP contribution in [0, 0.1) is 0 Å². The second kappa shape index (κ2) is 10.2. The number of alkyl carbamates (subject to hydrolysis) is 1. The maximum absolute atomic E-state index is 13.1. The summed E-state index contributed by atoms with van der Waals surface area (Å²) in [5, 5.41) is 12.0. The first-order valence-corrected chi connectivity index (χ1v) is 11.2. The number of fused-ring (bicyclic) bond motifs is 3. The molecule has 4 rings (SSSR count). The summed E-state index contributed by atoms with van der Waals surface area (Å²) >= 11 is 0. The minimum Gasteiger partial charge on any atom is -0.480 e. The number of aliphatic carboxylic acids is 1. The number of methoxy groups -OCH3 is 1. The fourth-order valence-electron chi connectivity index (χ4n) is 4.68. The molecule has 180 valence electrons. The smallest absolute Gasteiger partial charge is 0.407 e. The summed E-state index contributed by atoms with van der Waals surface area (Å²) in [7, 11) is 3.14. The van der Waals surface area contributed by atoms with Gasteiger partial charge in [0.05, 0.1) is 6.61 Å². The lowest BCUT2D eigenvalue weighted by molar-refractivity contribution is -0.148. The highest BCUT2D eigenvalue weighted by atomic mass is 16.5. The lowest BCUT2D eigenvalue weighted by atomic mass is 9.98. The number of likely N-dealkylation sites (N-methyl/N-ethyl adjacent to an activating group) is 1. The molecule has 2 aromatic carbocycles. The van der Waals surface area contributed by atoms with E-state index in [4.69, 9.17) is 9.47 Å². The van der Waals surface area contributed by atoms with E-state index in [0.717, 1.165) is 22.3 Å². The third-order valence-corrected chi connectivity index (χ3v) is 6.51. The van der Waals surface area contributed by atoms with Crippen molar-refractivity contribution in [3.05, 3.63) is 59.7 Å². The van der Waals surface area contributed by atoms with Crippen LogP contribution in [0.15, 0.2) is 48.5 Å². The highest BCUT2D eigenvalue weighted by Crippen LogP contribution is 2.44. The molecule has 0 aromatic heterocycles. The molecule has 0 radical (unpaired) electrons. The van der Waals surface area contributed by atoms with Gasteiger partial charge in [-0.1, -0.05) is 48.5 Å². The number of amides is 2. The summed E-state index contributed by atoms with van der Waals surface area (Å²) in [5.41, 5.74) is 4.45. The Bertz CT molecular complexity index is 1030. The number of rotatable bonds is 7. The molecule has 1 aliphatic heterocycles. The van der Waals surface area contributed by atoms with Gasteiger partial charge in [-0.2, -0.15) is 0 Å². The van der Waals surface area contributed by atoms with Gasteiger partial charge >= 0.3 is 12.1 Å². The van der Waals surface area contributed by atoms with Crippen molar-refractivity contribution in [3.63, 3.8) is 0 Å². The van der Waals surface area contributed by atoms with E-state index >= 15 is 0 Å². The van der Waals surface area contributed by atoms with E-state index in [2.05, 4.69) is 17.4 Å². The second-order valence-corrected chi connectivity index (χ2v) is 8.60. The number of carboxylic acid groups (broad SMARTS) is 1. The summed E-state index contributed by atoms with van der Waals surface area (Å²) in [4.78, 5) is 40.3. The van der Waals surface area contributed by atoms with Gasteiger partial charge in [0.25, 0.3) is 0 Å². The van der Waals surface area contributed by atoms with Gasteiger partial charge in [-0.3, -0.25) is 14.5 Å². The molecule has 34 heavy (non-hydrogen) atoms. The third-order valence-electron chi connectivity index (χ3n) is 6.51. The van der Waals surface area contributed by atoms with Gasteiger partial charge in [-0.15, -0.1) is 0 Å². The summed E-state index contributed by atoms with van der Waals surface area (Å²) < 4.78 is 10.7. The van der Waals surface area contributed by atoms with Gasteiger partial charge in [-0.05, 0) is 29.3 Å². The quantitative estimate of drug-likeness (QED) is 0.639. The first kappa shape index (κ1) is 23.7. The van der Waals surface area contributed by atoms with Crippen molar-refractivity contribution in [3.8, 4) is 11.1 Å². The fourth-order valence-corrected chi connectivity index (χ4v) is 4.68. The summed E-state index contributed by atoms with van der Waals surface area (Å²) in [6.45, 7) is 0.909. The molecule has 1 unspecified atom stereocenters. The van der Waals surface area contributed by atoms with Crippen LogP contribution in [-0.2, 0) is 19.1 Å². The van der Waals surface area contributed by atoms with Gasteiger partial charge in [0.1, 0.15) is 18.7 Å². The molecule has 0 saturated carbocycles. The van der Waals surface area contributed by atoms with E-state index in [1.54, 1.807) is 11.9 Å². The Morgan fingerprint density at radius 1 is 1.06 bits per heavy atom. The van der Waals surface area contributed by atoms with Crippen LogP contribution in [0.3, 0.4) is 0 Å². The molecule has 1 heterocycles. The van der Waals surface area contributed by atoms with Crippen LogP contribution in [0.25, 0.3) is 11.1 Å². The minimum atomic E-state index is -0.993. The largest absolute Gasteiger partial charge is 0.480 e. The highest BCUT2D eigenvalue weighted by Gasteiger charge is 2.36. The summed E-state index contributed by atoms with van der Waals surface area (Å²) in [5.74, 6) is -1.48. The fraction of sp³-hybridized carbons (Fsp3) is 0.400. The zero-order valence-electron chi connectivity index (χ0n) is 19.3. The monoisotopic (exact) mass is 467 g/mol. The molecule has 2 aromatic rings. The van der Waals surface area contributed by atoms with Gasteiger partial charge < -0.3 is 24.8 Å². The molecule has 2 atom stereocenters. The Hall–Kier alpha value is -3.43. The number of carbonyl (C=O) groups is 3. The number of hydrogen-bond acceptors (Lipinski definition) is 6. The van der Waals surface area contributed by atoms with E-state index < -0.39 is 30.1 Å². The average molecular weight is 468 g/mol. The number of benzene rings is 2. The van der Waals surface area contributed by atoms with Crippen LogP contribution in [0.4, 0.5) is 4.79 Å². The van der Waals surface area contributed by atoms with Crippen molar-refractivity contribution < 1.29 is 29.0 Å². The van der Waals surface area contributed by atoms with Crippen molar-refractivity contribution in [2.24, 2.45) is 0 Å². The second-order valence-electron chi connectivity index (χ2n) is 8.60. The zero-order chi connectivity index (χ0) is 24.2. The average Bonchev–Trinajstić information content (AvgIpc) is 3.16. The van der Waals surface area contributed by atoms with Crippen LogP contribution in [0.5, 0.6) is 0 Å². The van der Waals surface area contributed by atoms with Crippen molar-refractivity contribution >= 4 is 18.0 Å². The maximum Gasteiger partial charge on any atom is 0.407 e. The zero-order valence-corrected chi connectivity index (χ0v) is 19.3. The number of piperazine rings is 1. The molecule has 2 aliphatic rings. The lowest BCUT2D eigenvalue weighted by Gasteiger charge is -2.38. The molecule has 9 heteroatoms. The number of nitrogens with zero attached hydrogens (tertiary/aromatic N) is 2. The Balaban J connectivity index is 1.40. The van der Waals surface area contributed by atoms with Gasteiger partial charge in [0, 0.05) is 32.7 Å². The van der Waals surface area contributed by atoms with E-state index in [9.17, 15) is 19.5 Å². The Morgan fingerprint density at radius 3 is 2.26 bits per heavy atom. The Labute approximate surface area is 198 Å². The Morgan fingerprint density at radius 2 is 1.68 bits per heavy atom. The number of hydrogen-bond donors (Lipinski definition) is 2. The molecular formula is C25H29N3O6. The summed E-state index contributed by atoms with van der Waals surface area (Å²) in [6.07, 6.45) is -0.721. The molecular weight excluding hydrogens is 438 g/mol. The highest BCUT2D eigenvalue weighted by molar-refractivity contribution is 5.87. The van der Waals surface area contributed by atoms with E-state index in [0.29, 0.717) is 13.1 Å². The number of carboxylic acids is 1. The van der Waals surface area contributed by atoms with Crippen LogP contribution in [-0.4, -0.2) is 92.0 Å². The van der Waals surface area contributed by atoms with Gasteiger partial charge in [0.2, 0.25) is 5.91 Å². The van der Waals surface area contributed by atoms with E-state index in [1.807, 2.05) is 36.4 Å². The van der Waals surface area contributed by atoms with Crippen molar-refractivity contribution in [1.29, 1.82) is 0 Å². The molecule has 2 N–H and O–H groups in total. The lowest BCUT2D eigenvalue weighted by Crippen LogP contribution is -2.60. The predicted molar refractivity (Wildman–Crippen MR) is 125 cm³/mol. The topological polar surface area (TPSA) is 108 Å². The Kier molecular flexibility index (Phi) is 7.14. The van der Waals surface area contributed by atoms with Crippen LogP contribution >= 0.6 is 0 Å². The minimum absolute atomic E-state index is 0.0389. The van der Waals surface area contributed by atoms with Crippen molar-refractivity contribution in [1.82, 2.24) is 15.1 Å². The van der Waals surface area contributed by atoms with Crippen molar-refractivity contribution in [2.45, 2.75) is 18.0 Å². The van der Waals surface area contributed by atoms with Crippen LogP contribution in [0.1, 0.15) is 17.0 Å². The first-order valence-electron chi connectivity index (χ1n) is 11.2. The normalized spacial score (nSPS) is 18.6. The van der Waals surface area contributed by atoms with Gasteiger partial charge in [0.15, 0.2) is 0 Å². The van der Waals surface area contributed by atoms with E-state index in [1.165, 1.54) is 12.0 Å². The van der Waals surface area contributed by atoms with Crippen molar-refractivity contribution in [2.75, 3.05) is 47.0 Å². The maximum atomic E-state index is 13.1. The SMILES string of the molecule is COC[C@H](NC(=O)OCC1c2ccccc2-c2ccccc21)C(=O)N1CCN(C)C(C(=O)O)C1. The first-order chi connectivity index (χ1) is 16.4. The van der Waals surface area contributed by atoms with Crippen LogP contribution in [0.2, 0.25) is 0 Å². The third kappa shape index (κ3) is 4.76. The molecule has 0 bridgehead atoms.